The van der Waals surface area contributed by atoms with E-state index in [-0.39, 0.29) is 18.6 Å². The van der Waals surface area contributed by atoms with Crippen LogP contribution in [0.2, 0.25) is 0 Å². The van der Waals surface area contributed by atoms with Crippen LogP contribution in [0.5, 0.6) is 0 Å². The van der Waals surface area contributed by atoms with Gasteiger partial charge >= 0.3 is 11.9 Å². The molecule has 3 atom stereocenters. The number of hydrogen-bond donors (Lipinski definition) is 0. The second-order valence-electron chi connectivity index (χ2n) is 4.41. The molecule has 0 spiro atoms. The monoisotopic (exact) mass is 257 g/mol. The molecule has 6 heteroatoms. The predicted octanol–water partition coefficient (Wildman–Crippen LogP) is 0.507. The van der Waals surface area contributed by atoms with Crippen molar-refractivity contribution in [2.75, 3.05) is 19.8 Å². The van der Waals surface area contributed by atoms with Gasteiger partial charge in [0, 0.05) is 6.54 Å². The molecule has 2 rings (SSSR count). The maximum atomic E-state index is 12.0. The molecule has 0 bridgehead atoms. The fourth-order valence-corrected chi connectivity index (χ4v) is 2.60. The molecular weight excluding hydrogens is 238 g/mol. The van der Waals surface area contributed by atoms with Gasteiger partial charge in [-0.15, -0.1) is 0 Å². The highest BCUT2D eigenvalue weighted by molar-refractivity contribution is 5.85. The summed E-state index contributed by atoms with van der Waals surface area (Å²) in [6.07, 6.45) is 0.962. The summed E-state index contributed by atoms with van der Waals surface area (Å²) in [5.74, 6) is -1.42. The Hall–Kier alpha value is -1.14. The van der Waals surface area contributed by atoms with Crippen molar-refractivity contribution in [2.45, 2.75) is 38.8 Å². The number of nitrogens with zero attached hydrogens (tertiary/aromatic N) is 1. The largest absolute Gasteiger partial charge is 0.466 e. The van der Waals surface area contributed by atoms with Gasteiger partial charge in [0.1, 0.15) is 5.92 Å². The maximum absolute atomic E-state index is 12.0. The predicted molar refractivity (Wildman–Crippen MR) is 61.4 cm³/mol. The number of ether oxygens (including phenoxy) is 2. The van der Waals surface area contributed by atoms with Gasteiger partial charge in [-0.25, -0.2) is 4.79 Å². The maximum Gasteiger partial charge on any atom is 0.338 e. The summed E-state index contributed by atoms with van der Waals surface area (Å²) in [6.45, 7) is 4.81. The second kappa shape index (κ2) is 5.67. The zero-order valence-corrected chi connectivity index (χ0v) is 10.8. The minimum absolute atomic E-state index is 0.0570. The third kappa shape index (κ3) is 2.35. The molecule has 0 aromatic rings. The highest BCUT2D eigenvalue weighted by atomic mass is 16.7. The molecule has 2 saturated heterocycles. The minimum atomic E-state index is -0.853. The number of carbonyl (C=O) groups is 2. The number of esters is 2. The lowest BCUT2D eigenvalue weighted by molar-refractivity contribution is -0.186. The molecular formula is C12H19NO5. The molecule has 2 heterocycles. The van der Waals surface area contributed by atoms with Gasteiger partial charge in [-0.2, -0.15) is 5.06 Å². The Labute approximate surface area is 106 Å². The number of fused-ring (bicyclic) bond motifs is 1. The van der Waals surface area contributed by atoms with E-state index in [4.69, 9.17) is 14.3 Å². The molecule has 0 N–H and O–H groups in total. The quantitative estimate of drug-likeness (QED) is 0.684. The van der Waals surface area contributed by atoms with E-state index >= 15 is 0 Å². The summed E-state index contributed by atoms with van der Waals surface area (Å²) in [6, 6.07) is -0.0570. The van der Waals surface area contributed by atoms with Gasteiger partial charge in [0.2, 0.25) is 0 Å². The first-order valence-corrected chi connectivity index (χ1v) is 6.45. The van der Waals surface area contributed by atoms with Crippen molar-refractivity contribution in [1.29, 1.82) is 0 Å². The van der Waals surface area contributed by atoms with Gasteiger partial charge in [0.25, 0.3) is 0 Å². The van der Waals surface area contributed by atoms with Crippen LogP contribution in [-0.4, -0.2) is 48.9 Å². The van der Waals surface area contributed by atoms with Crippen molar-refractivity contribution >= 4 is 11.9 Å². The standard InChI is InChI=1S/C12H19NO5/c1-3-16-11(14)9-8-6-5-7-13(8)18-10(9)12(15)17-4-2/h8-10H,3-7H2,1-2H3/t8-,9-,10-/m1/s1. The second-order valence-corrected chi connectivity index (χ2v) is 4.41. The van der Waals surface area contributed by atoms with Crippen LogP contribution in [0.25, 0.3) is 0 Å². The lowest BCUT2D eigenvalue weighted by Gasteiger charge is -2.17. The van der Waals surface area contributed by atoms with Gasteiger partial charge in [-0.05, 0) is 26.7 Å². The normalized spacial score (nSPS) is 31.1. The van der Waals surface area contributed by atoms with Gasteiger partial charge in [-0.3, -0.25) is 9.63 Å². The van der Waals surface area contributed by atoms with Gasteiger partial charge in [0.15, 0.2) is 6.10 Å². The summed E-state index contributed by atoms with van der Waals surface area (Å²) in [5.41, 5.74) is 0. The molecule has 0 saturated carbocycles. The molecule has 2 aliphatic rings. The lowest BCUT2D eigenvalue weighted by atomic mass is 9.93. The molecule has 0 amide bonds. The fourth-order valence-electron chi connectivity index (χ4n) is 2.60. The molecule has 2 aliphatic heterocycles. The highest BCUT2D eigenvalue weighted by Gasteiger charge is 2.53. The van der Waals surface area contributed by atoms with Crippen molar-refractivity contribution in [1.82, 2.24) is 5.06 Å². The molecule has 0 aliphatic carbocycles. The van der Waals surface area contributed by atoms with Gasteiger partial charge < -0.3 is 9.47 Å². The topological polar surface area (TPSA) is 65.1 Å². The Morgan fingerprint density at radius 2 is 1.89 bits per heavy atom. The molecule has 0 radical (unpaired) electrons. The van der Waals surface area contributed by atoms with E-state index in [1.54, 1.807) is 18.9 Å². The average molecular weight is 257 g/mol. The third-order valence-corrected chi connectivity index (χ3v) is 3.32. The van der Waals surface area contributed by atoms with Crippen molar-refractivity contribution in [3.05, 3.63) is 0 Å². The lowest BCUT2D eigenvalue weighted by Crippen LogP contribution is -2.38. The number of hydroxylamine groups is 2. The number of rotatable bonds is 4. The molecule has 18 heavy (non-hydrogen) atoms. The van der Waals surface area contributed by atoms with E-state index in [1.807, 2.05) is 0 Å². The van der Waals surface area contributed by atoms with E-state index in [9.17, 15) is 9.59 Å². The molecule has 102 valence electrons. The van der Waals surface area contributed by atoms with Crippen LogP contribution >= 0.6 is 0 Å². The smallest absolute Gasteiger partial charge is 0.338 e. The van der Waals surface area contributed by atoms with Crippen LogP contribution < -0.4 is 0 Å². The summed E-state index contributed by atoms with van der Waals surface area (Å²) in [4.78, 5) is 29.3. The van der Waals surface area contributed by atoms with Crippen LogP contribution in [0.15, 0.2) is 0 Å². The van der Waals surface area contributed by atoms with E-state index in [1.165, 1.54) is 0 Å². The average Bonchev–Trinajstić information content (AvgIpc) is 2.88. The summed E-state index contributed by atoms with van der Waals surface area (Å²) in [7, 11) is 0. The Morgan fingerprint density at radius 1 is 1.22 bits per heavy atom. The van der Waals surface area contributed by atoms with E-state index < -0.39 is 18.0 Å². The molecule has 0 unspecified atom stereocenters. The molecule has 0 aromatic heterocycles. The fraction of sp³-hybridized carbons (Fsp3) is 0.833. The van der Waals surface area contributed by atoms with Crippen LogP contribution in [0.4, 0.5) is 0 Å². The third-order valence-electron chi connectivity index (χ3n) is 3.32. The van der Waals surface area contributed by atoms with E-state index in [2.05, 4.69) is 0 Å². The Kier molecular flexibility index (Phi) is 4.19. The van der Waals surface area contributed by atoms with Crippen molar-refractivity contribution in [2.24, 2.45) is 5.92 Å². The Bertz CT molecular complexity index is 332. The first-order chi connectivity index (χ1) is 8.69. The summed E-state index contributed by atoms with van der Waals surface area (Å²) < 4.78 is 9.99. The molecule has 6 nitrogen and oxygen atoms in total. The van der Waals surface area contributed by atoms with Crippen molar-refractivity contribution in [3.63, 3.8) is 0 Å². The Balaban J connectivity index is 2.12. The summed E-state index contributed by atoms with van der Waals surface area (Å²) in [5, 5.41) is 1.73. The minimum Gasteiger partial charge on any atom is -0.466 e. The first-order valence-electron chi connectivity index (χ1n) is 6.45. The van der Waals surface area contributed by atoms with Gasteiger partial charge in [-0.1, -0.05) is 0 Å². The zero-order valence-electron chi connectivity index (χ0n) is 10.8. The summed E-state index contributed by atoms with van der Waals surface area (Å²) >= 11 is 0. The van der Waals surface area contributed by atoms with Crippen molar-refractivity contribution < 1.29 is 23.9 Å². The van der Waals surface area contributed by atoms with Crippen molar-refractivity contribution in [3.8, 4) is 0 Å². The van der Waals surface area contributed by atoms with Gasteiger partial charge in [0.05, 0.1) is 19.3 Å². The number of carbonyl (C=O) groups excluding carboxylic acids is 2. The SMILES string of the molecule is CCOC(=O)[C@@H]1[C@H]2CCCN2O[C@H]1C(=O)OCC. The first kappa shape index (κ1) is 13.3. The molecule has 2 fully saturated rings. The van der Waals surface area contributed by atoms with Crippen LogP contribution in [0, 0.1) is 5.92 Å². The number of hydrogen-bond acceptors (Lipinski definition) is 6. The highest BCUT2D eigenvalue weighted by Crippen LogP contribution is 2.36. The van der Waals surface area contributed by atoms with E-state index in [0.29, 0.717) is 6.61 Å². The molecule has 0 aromatic carbocycles. The van der Waals surface area contributed by atoms with Crippen LogP contribution in [0.1, 0.15) is 26.7 Å². The Morgan fingerprint density at radius 3 is 2.56 bits per heavy atom. The zero-order chi connectivity index (χ0) is 13.1. The van der Waals surface area contributed by atoms with E-state index in [0.717, 1.165) is 19.4 Å². The van der Waals surface area contributed by atoms with Crippen LogP contribution in [-0.2, 0) is 23.9 Å². The van der Waals surface area contributed by atoms with Crippen LogP contribution in [0.3, 0.4) is 0 Å².